The third kappa shape index (κ3) is 2.98. The van der Waals surface area contributed by atoms with E-state index in [-0.39, 0.29) is 11.5 Å². The van der Waals surface area contributed by atoms with Gasteiger partial charge in [0.2, 0.25) is 0 Å². The first-order valence-electron chi connectivity index (χ1n) is 5.57. The Morgan fingerprint density at radius 3 is 2.50 bits per heavy atom. The van der Waals surface area contributed by atoms with E-state index in [2.05, 4.69) is 5.32 Å². The summed E-state index contributed by atoms with van der Waals surface area (Å²) in [6.07, 6.45) is 6.47. The maximum atomic E-state index is 11.4. The number of nitrogens with one attached hydrogen (secondary N) is 1. The number of carbonyl (C=O) groups is 1. The molecule has 0 heterocycles. The summed E-state index contributed by atoms with van der Waals surface area (Å²) in [6.45, 7) is 2.34. The van der Waals surface area contributed by atoms with E-state index in [9.17, 15) is 4.79 Å². The normalized spacial score (nSPS) is 20.4. The topological polar surface area (TPSA) is 38.3 Å². The Kier molecular flexibility index (Phi) is 4.39. The van der Waals surface area contributed by atoms with Crippen LogP contribution in [0, 0.1) is 0 Å². The number of esters is 1. The second kappa shape index (κ2) is 5.35. The third-order valence-corrected chi connectivity index (χ3v) is 3.13. The second-order valence-corrected chi connectivity index (χ2v) is 4.07. The molecule has 0 saturated heterocycles. The molecule has 0 aromatic carbocycles. The molecule has 1 N–H and O–H groups in total. The fourth-order valence-corrected chi connectivity index (χ4v) is 2.23. The lowest BCUT2D eigenvalue weighted by molar-refractivity contribution is -0.145. The molecule has 1 aliphatic carbocycles. The van der Waals surface area contributed by atoms with Crippen molar-refractivity contribution in [3.05, 3.63) is 0 Å². The fourth-order valence-electron chi connectivity index (χ4n) is 2.23. The van der Waals surface area contributed by atoms with Crippen LogP contribution in [-0.2, 0) is 9.53 Å². The molecular weight excluding hydrogens is 178 g/mol. The predicted octanol–water partition coefficient (Wildman–Crippen LogP) is 1.86. The zero-order valence-corrected chi connectivity index (χ0v) is 9.27. The Morgan fingerprint density at radius 2 is 2.00 bits per heavy atom. The number of hydrogen-bond donors (Lipinski definition) is 1. The van der Waals surface area contributed by atoms with Crippen LogP contribution in [0.5, 0.6) is 0 Å². The predicted molar refractivity (Wildman–Crippen MR) is 56.1 cm³/mol. The molecule has 0 aliphatic heterocycles. The Balaban J connectivity index is 2.47. The van der Waals surface area contributed by atoms with Gasteiger partial charge in [0.1, 0.15) is 0 Å². The first kappa shape index (κ1) is 11.5. The molecule has 0 aromatic heterocycles. The van der Waals surface area contributed by atoms with Gasteiger partial charge < -0.3 is 10.1 Å². The van der Waals surface area contributed by atoms with E-state index in [4.69, 9.17) is 4.74 Å². The van der Waals surface area contributed by atoms with E-state index in [0.29, 0.717) is 13.0 Å². The van der Waals surface area contributed by atoms with E-state index in [1.807, 2.05) is 14.0 Å². The van der Waals surface area contributed by atoms with Gasteiger partial charge in [-0.2, -0.15) is 0 Å². The van der Waals surface area contributed by atoms with Gasteiger partial charge in [0.15, 0.2) is 0 Å². The highest BCUT2D eigenvalue weighted by molar-refractivity contribution is 5.70. The van der Waals surface area contributed by atoms with Crippen LogP contribution >= 0.6 is 0 Å². The largest absolute Gasteiger partial charge is 0.466 e. The highest BCUT2D eigenvalue weighted by atomic mass is 16.5. The molecule has 14 heavy (non-hydrogen) atoms. The second-order valence-electron chi connectivity index (χ2n) is 4.07. The number of carbonyl (C=O) groups excluding carboxylic acids is 1. The zero-order valence-electron chi connectivity index (χ0n) is 9.27. The SMILES string of the molecule is CCOC(=O)CC1(NC)CCCCC1. The average Bonchev–Trinajstić information content (AvgIpc) is 2.19. The van der Waals surface area contributed by atoms with Crippen LogP contribution in [0.1, 0.15) is 45.4 Å². The molecular formula is C11H21NO2. The van der Waals surface area contributed by atoms with E-state index in [1.165, 1.54) is 19.3 Å². The quantitative estimate of drug-likeness (QED) is 0.702. The molecule has 3 nitrogen and oxygen atoms in total. The number of ether oxygens (including phenoxy) is 1. The van der Waals surface area contributed by atoms with E-state index >= 15 is 0 Å². The average molecular weight is 199 g/mol. The minimum Gasteiger partial charge on any atom is -0.466 e. The van der Waals surface area contributed by atoms with Crippen LogP contribution < -0.4 is 5.32 Å². The molecule has 0 amide bonds. The van der Waals surface area contributed by atoms with Gasteiger partial charge in [-0.15, -0.1) is 0 Å². The molecule has 1 fully saturated rings. The Labute approximate surface area is 86.2 Å². The first-order chi connectivity index (χ1) is 6.72. The molecule has 0 bridgehead atoms. The van der Waals surface area contributed by atoms with Crippen molar-refractivity contribution < 1.29 is 9.53 Å². The summed E-state index contributed by atoms with van der Waals surface area (Å²) in [5.74, 6) is -0.0660. The maximum Gasteiger partial charge on any atom is 0.307 e. The van der Waals surface area contributed by atoms with Crippen molar-refractivity contribution in [2.24, 2.45) is 0 Å². The highest BCUT2D eigenvalue weighted by Gasteiger charge is 2.32. The molecule has 1 rings (SSSR count). The van der Waals surface area contributed by atoms with Gasteiger partial charge >= 0.3 is 5.97 Å². The van der Waals surface area contributed by atoms with Gasteiger partial charge in [-0.05, 0) is 26.8 Å². The van der Waals surface area contributed by atoms with Gasteiger partial charge in [-0.1, -0.05) is 19.3 Å². The van der Waals surface area contributed by atoms with Crippen LogP contribution in [0.15, 0.2) is 0 Å². The zero-order chi connectivity index (χ0) is 10.4. The van der Waals surface area contributed by atoms with Crippen molar-refractivity contribution in [2.75, 3.05) is 13.7 Å². The summed E-state index contributed by atoms with van der Waals surface area (Å²) in [4.78, 5) is 11.4. The summed E-state index contributed by atoms with van der Waals surface area (Å²) < 4.78 is 4.99. The van der Waals surface area contributed by atoms with Gasteiger partial charge in [0, 0.05) is 5.54 Å². The summed E-state index contributed by atoms with van der Waals surface area (Å²) >= 11 is 0. The minimum absolute atomic E-state index is 0.0184. The van der Waals surface area contributed by atoms with Crippen LogP contribution in [-0.4, -0.2) is 25.2 Å². The molecule has 1 saturated carbocycles. The van der Waals surface area contributed by atoms with Crippen molar-refractivity contribution in [3.63, 3.8) is 0 Å². The molecule has 3 heteroatoms. The maximum absolute atomic E-state index is 11.4. The molecule has 0 spiro atoms. The van der Waals surface area contributed by atoms with E-state index in [1.54, 1.807) is 0 Å². The monoisotopic (exact) mass is 199 g/mol. The minimum atomic E-state index is -0.0660. The third-order valence-electron chi connectivity index (χ3n) is 3.13. The lowest BCUT2D eigenvalue weighted by Gasteiger charge is -2.36. The summed E-state index contributed by atoms with van der Waals surface area (Å²) in [7, 11) is 1.95. The van der Waals surface area contributed by atoms with Crippen LogP contribution in [0.25, 0.3) is 0 Å². The van der Waals surface area contributed by atoms with Gasteiger partial charge in [0.25, 0.3) is 0 Å². The van der Waals surface area contributed by atoms with Crippen LogP contribution in [0.3, 0.4) is 0 Å². The van der Waals surface area contributed by atoms with Gasteiger partial charge in [-0.3, -0.25) is 4.79 Å². The smallest absolute Gasteiger partial charge is 0.307 e. The van der Waals surface area contributed by atoms with Crippen molar-refractivity contribution in [1.82, 2.24) is 5.32 Å². The number of rotatable bonds is 4. The summed E-state index contributed by atoms with van der Waals surface area (Å²) in [6, 6.07) is 0. The highest BCUT2D eigenvalue weighted by Crippen LogP contribution is 2.30. The van der Waals surface area contributed by atoms with Crippen LogP contribution in [0.4, 0.5) is 0 Å². The van der Waals surface area contributed by atoms with Crippen molar-refractivity contribution in [1.29, 1.82) is 0 Å². The molecule has 82 valence electrons. The summed E-state index contributed by atoms with van der Waals surface area (Å²) in [5.41, 5.74) is 0.0184. The Hall–Kier alpha value is -0.570. The van der Waals surface area contributed by atoms with Crippen molar-refractivity contribution >= 4 is 5.97 Å². The number of hydrogen-bond acceptors (Lipinski definition) is 3. The Morgan fingerprint density at radius 1 is 1.36 bits per heavy atom. The lowest BCUT2D eigenvalue weighted by Crippen LogP contribution is -2.46. The van der Waals surface area contributed by atoms with Gasteiger partial charge in [-0.25, -0.2) is 0 Å². The molecule has 1 aliphatic rings. The van der Waals surface area contributed by atoms with Crippen LogP contribution in [0.2, 0.25) is 0 Å². The van der Waals surface area contributed by atoms with Crippen molar-refractivity contribution in [2.45, 2.75) is 51.0 Å². The lowest BCUT2D eigenvalue weighted by atomic mass is 9.79. The molecule has 0 radical (unpaired) electrons. The Bertz CT molecular complexity index is 186. The molecule has 0 unspecified atom stereocenters. The van der Waals surface area contributed by atoms with E-state index in [0.717, 1.165) is 12.8 Å². The molecule has 0 aromatic rings. The first-order valence-corrected chi connectivity index (χ1v) is 5.57. The van der Waals surface area contributed by atoms with Crippen molar-refractivity contribution in [3.8, 4) is 0 Å². The summed E-state index contributed by atoms with van der Waals surface area (Å²) in [5, 5.41) is 3.31. The fraction of sp³-hybridized carbons (Fsp3) is 0.909. The van der Waals surface area contributed by atoms with Gasteiger partial charge in [0.05, 0.1) is 13.0 Å². The van der Waals surface area contributed by atoms with E-state index < -0.39 is 0 Å². The standard InChI is InChI=1S/C11H21NO2/c1-3-14-10(13)9-11(12-2)7-5-4-6-8-11/h12H,3-9H2,1-2H3. The molecule has 0 atom stereocenters.